The second kappa shape index (κ2) is 7.19. The topological polar surface area (TPSA) is 40.6 Å². The quantitative estimate of drug-likeness (QED) is 0.827. The molecule has 0 saturated carbocycles. The number of nitrogens with zero attached hydrogens (tertiary/aromatic N) is 2. The first-order chi connectivity index (χ1) is 12.6. The van der Waals surface area contributed by atoms with Gasteiger partial charge in [0, 0.05) is 26.1 Å². The van der Waals surface area contributed by atoms with Gasteiger partial charge in [-0.2, -0.15) is 0 Å². The number of likely N-dealkylation sites (tertiary alicyclic amines) is 2. The van der Waals surface area contributed by atoms with Gasteiger partial charge in [0.25, 0.3) is 5.91 Å². The molecular formula is C20H21FN2O2S. The third kappa shape index (κ3) is 3.38. The number of fused-ring (bicyclic) bond motifs is 1. The summed E-state index contributed by atoms with van der Waals surface area (Å²) in [5.41, 5.74) is 0.794. The summed E-state index contributed by atoms with van der Waals surface area (Å²) in [4.78, 5) is 29.9. The van der Waals surface area contributed by atoms with E-state index in [-0.39, 0.29) is 23.7 Å². The molecule has 26 heavy (non-hydrogen) atoms. The second-order valence-electron chi connectivity index (χ2n) is 7.06. The summed E-state index contributed by atoms with van der Waals surface area (Å²) in [5, 5.41) is 1.90. The SMILES string of the molecule is O=C(c1cccs1)N1CC2CCCC(=O)N(Cc3cccc(F)c3)C2C1. The molecule has 1 aromatic heterocycles. The Bertz CT molecular complexity index is 808. The van der Waals surface area contributed by atoms with Crippen LogP contribution in [0.25, 0.3) is 0 Å². The molecule has 0 bridgehead atoms. The van der Waals surface area contributed by atoms with E-state index in [0.29, 0.717) is 32.0 Å². The maximum Gasteiger partial charge on any atom is 0.263 e. The Balaban J connectivity index is 1.55. The third-order valence-corrected chi connectivity index (χ3v) is 6.21. The highest BCUT2D eigenvalue weighted by Crippen LogP contribution is 2.32. The molecule has 1 aromatic carbocycles. The highest BCUT2D eigenvalue weighted by Gasteiger charge is 2.42. The minimum absolute atomic E-state index is 0.0113. The summed E-state index contributed by atoms with van der Waals surface area (Å²) in [6.45, 7) is 1.65. The lowest BCUT2D eigenvalue weighted by atomic mass is 9.98. The number of carbonyl (C=O) groups excluding carboxylic acids is 2. The molecule has 2 unspecified atom stereocenters. The molecule has 0 N–H and O–H groups in total. The molecule has 2 amide bonds. The van der Waals surface area contributed by atoms with Gasteiger partial charge in [0.05, 0.1) is 10.9 Å². The van der Waals surface area contributed by atoms with Gasteiger partial charge in [-0.1, -0.05) is 18.2 Å². The van der Waals surface area contributed by atoms with Crippen LogP contribution in [0.1, 0.15) is 34.5 Å². The lowest BCUT2D eigenvalue weighted by Gasteiger charge is -2.30. The maximum absolute atomic E-state index is 13.5. The van der Waals surface area contributed by atoms with Crippen LogP contribution in [-0.2, 0) is 11.3 Å². The Kier molecular flexibility index (Phi) is 4.76. The zero-order valence-corrected chi connectivity index (χ0v) is 15.3. The zero-order chi connectivity index (χ0) is 18.1. The first kappa shape index (κ1) is 17.2. The van der Waals surface area contributed by atoms with Gasteiger partial charge in [0.1, 0.15) is 5.82 Å². The Morgan fingerprint density at radius 2 is 2.12 bits per heavy atom. The molecule has 2 aliphatic heterocycles. The lowest BCUT2D eigenvalue weighted by Crippen LogP contribution is -2.43. The Morgan fingerprint density at radius 1 is 1.23 bits per heavy atom. The van der Waals surface area contributed by atoms with Crippen molar-refractivity contribution < 1.29 is 14.0 Å². The van der Waals surface area contributed by atoms with E-state index in [0.717, 1.165) is 23.3 Å². The Hall–Kier alpha value is -2.21. The maximum atomic E-state index is 13.5. The molecular weight excluding hydrogens is 351 g/mol. The number of carbonyl (C=O) groups is 2. The summed E-state index contributed by atoms with van der Waals surface area (Å²) in [6.07, 6.45) is 2.33. The van der Waals surface area contributed by atoms with Crippen molar-refractivity contribution in [3.8, 4) is 0 Å². The summed E-state index contributed by atoms with van der Waals surface area (Å²) in [6, 6.07) is 10.1. The number of amides is 2. The van der Waals surface area contributed by atoms with E-state index in [4.69, 9.17) is 0 Å². The minimum Gasteiger partial charge on any atom is -0.336 e. The van der Waals surface area contributed by atoms with Crippen molar-refractivity contribution in [2.24, 2.45) is 5.92 Å². The van der Waals surface area contributed by atoms with Crippen LogP contribution in [0.4, 0.5) is 4.39 Å². The smallest absolute Gasteiger partial charge is 0.263 e. The van der Waals surface area contributed by atoms with Gasteiger partial charge in [-0.15, -0.1) is 11.3 Å². The van der Waals surface area contributed by atoms with Crippen LogP contribution < -0.4 is 0 Å². The average molecular weight is 372 g/mol. The van der Waals surface area contributed by atoms with Crippen LogP contribution in [0.3, 0.4) is 0 Å². The molecule has 2 fully saturated rings. The molecule has 0 aliphatic carbocycles. The molecule has 0 radical (unpaired) electrons. The Morgan fingerprint density at radius 3 is 2.88 bits per heavy atom. The van der Waals surface area contributed by atoms with Crippen molar-refractivity contribution in [1.29, 1.82) is 0 Å². The molecule has 6 heteroatoms. The number of halogens is 1. The van der Waals surface area contributed by atoms with E-state index in [2.05, 4.69) is 0 Å². The molecule has 4 rings (SSSR count). The predicted molar refractivity (Wildman–Crippen MR) is 98.3 cm³/mol. The van der Waals surface area contributed by atoms with Crippen LogP contribution in [0.5, 0.6) is 0 Å². The molecule has 2 aromatic rings. The van der Waals surface area contributed by atoms with Crippen LogP contribution >= 0.6 is 11.3 Å². The van der Waals surface area contributed by atoms with Crippen molar-refractivity contribution in [1.82, 2.24) is 9.80 Å². The van der Waals surface area contributed by atoms with Crippen molar-refractivity contribution >= 4 is 23.2 Å². The van der Waals surface area contributed by atoms with Gasteiger partial charge in [-0.25, -0.2) is 4.39 Å². The number of rotatable bonds is 3. The van der Waals surface area contributed by atoms with Crippen molar-refractivity contribution in [3.05, 3.63) is 58.0 Å². The van der Waals surface area contributed by atoms with Crippen molar-refractivity contribution in [3.63, 3.8) is 0 Å². The highest BCUT2D eigenvalue weighted by molar-refractivity contribution is 7.12. The molecule has 2 saturated heterocycles. The second-order valence-corrected chi connectivity index (χ2v) is 8.01. The van der Waals surface area contributed by atoms with Crippen LogP contribution in [0, 0.1) is 11.7 Å². The van der Waals surface area contributed by atoms with Gasteiger partial charge in [0.15, 0.2) is 0 Å². The number of thiophene rings is 1. The van der Waals surface area contributed by atoms with Gasteiger partial charge in [-0.3, -0.25) is 9.59 Å². The fourth-order valence-corrected chi connectivity index (χ4v) is 4.79. The molecule has 2 atom stereocenters. The van der Waals surface area contributed by atoms with E-state index < -0.39 is 0 Å². The summed E-state index contributed by atoms with van der Waals surface area (Å²) >= 11 is 1.45. The molecule has 136 valence electrons. The average Bonchev–Trinajstić information content (AvgIpc) is 3.27. The number of benzene rings is 1. The predicted octanol–water partition coefficient (Wildman–Crippen LogP) is 3.54. The normalized spacial score (nSPS) is 23.0. The Labute approximate surface area is 156 Å². The standard InChI is InChI=1S/C20H21FN2O2S/c21-16-6-1-4-14(10-16)11-23-17-13-22(20(25)18-7-3-9-26-18)12-15(17)5-2-8-19(23)24/h1,3-4,6-7,9-10,15,17H,2,5,8,11-13H2. The minimum atomic E-state index is -0.290. The van der Waals surface area contributed by atoms with E-state index in [1.165, 1.54) is 23.5 Å². The van der Waals surface area contributed by atoms with Crippen LogP contribution in [-0.4, -0.2) is 40.7 Å². The van der Waals surface area contributed by atoms with Crippen molar-refractivity contribution in [2.45, 2.75) is 31.8 Å². The first-order valence-electron chi connectivity index (χ1n) is 8.98. The van der Waals surface area contributed by atoms with Gasteiger partial charge < -0.3 is 9.80 Å². The molecule has 4 nitrogen and oxygen atoms in total. The molecule has 0 spiro atoms. The monoisotopic (exact) mass is 372 g/mol. The van der Waals surface area contributed by atoms with Crippen LogP contribution in [0.15, 0.2) is 41.8 Å². The first-order valence-corrected chi connectivity index (χ1v) is 9.86. The van der Waals surface area contributed by atoms with E-state index >= 15 is 0 Å². The lowest BCUT2D eigenvalue weighted by molar-refractivity contribution is -0.133. The molecule has 3 heterocycles. The highest BCUT2D eigenvalue weighted by atomic mass is 32.1. The van der Waals surface area contributed by atoms with E-state index in [1.54, 1.807) is 6.07 Å². The van der Waals surface area contributed by atoms with Crippen LogP contribution in [0.2, 0.25) is 0 Å². The number of hydrogen-bond acceptors (Lipinski definition) is 3. The number of hydrogen-bond donors (Lipinski definition) is 0. The largest absolute Gasteiger partial charge is 0.336 e. The van der Waals surface area contributed by atoms with Crippen molar-refractivity contribution in [2.75, 3.05) is 13.1 Å². The fraction of sp³-hybridized carbons (Fsp3) is 0.400. The fourth-order valence-electron chi connectivity index (χ4n) is 4.09. The summed E-state index contributed by atoms with van der Waals surface area (Å²) in [5.74, 6) is 0.152. The van der Waals surface area contributed by atoms with E-state index in [9.17, 15) is 14.0 Å². The third-order valence-electron chi connectivity index (χ3n) is 5.35. The van der Waals surface area contributed by atoms with Gasteiger partial charge in [-0.05, 0) is 47.9 Å². The van der Waals surface area contributed by atoms with E-state index in [1.807, 2.05) is 33.4 Å². The summed E-state index contributed by atoms with van der Waals surface area (Å²) in [7, 11) is 0. The molecule has 2 aliphatic rings. The van der Waals surface area contributed by atoms with Gasteiger partial charge >= 0.3 is 0 Å². The zero-order valence-electron chi connectivity index (χ0n) is 14.4. The summed E-state index contributed by atoms with van der Waals surface area (Å²) < 4.78 is 13.5. The van der Waals surface area contributed by atoms with Gasteiger partial charge in [0.2, 0.25) is 5.91 Å².